The number of hydrogen-bond donors (Lipinski definition) is 1. The third kappa shape index (κ3) is 5.83. The van der Waals surface area contributed by atoms with Gasteiger partial charge in [-0.25, -0.2) is 0 Å². The lowest BCUT2D eigenvalue weighted by Gasteiger charge is -2.28. The molecule has 16 heavy (non-hydrogen) atoms. The molecule has 0 bridgehead atoms. The smallest absolute Gasteiger partial charge is 0.0600 e. The molecule has 0 aliphatic carbocycles. The van der Waals surface area contributed by atoms with Crippen molar-refractivity contribution in [2.24, 2.45) is 0 Å². The number of nitrogens with one attached hydrogen (secondary N) is 1. The van der Waals surface area contributed by atoms with E-state index in [4.69, 9.17) is 4.74 Å². The van der Waals surface area contributed by atoms with E-state index < -0.39 is 0 Å². The Balaban J connectivity index is 2.20. The fourth-order valence-corrected chi connectivity index (χ4v) is 2.12. The Morgan fingerprint density at radius 2 is 2.00 bits per heavy atom. The van der Waals surface area contributed by atoms with Crippen molar-refractivity contribution in [1.82, 2.24) is 10.2 Å². The van der Waals surface area contributed by atoms with E-state index in [1.165, 1.54) is 25.8 Å². The minimum Gasteiger partial charge on any atom is -0.375 e. The number of nitrogens with zero attached hydrogens (tertiary/aromatic N) is 1. The highest BCUT2D eigenvalue weighted by atomic mass is 16.5. The predicted octanol–water partition coefficient (Wildman–Crippen LogP) is 1.88. The van der Waals surface area contributed by atoms with Crippen molar-refractivity contribution in [3.8, 4) is 0 Å². The summed E-state index contributed by atoms with van der Waals surface area (Å²) < 4.78 is 5.76. The molecule has 3 heteroatoms. The standard InChI is InChI=1S/C13H28N2O/c1-13(2,3)16-11-10-15(4)12-6-5-8-14-9-7-12/h12,14H,5-11H2,1-4H3. The summed E-state index contributed by atoms with van der Waals surface area (Å²) in [5.41, 5.74) is -0.00809. The van der Waals surface area contributed by atoms with Crippen LogP contribution in [-0.2, 0) is 4.74 Å². The molecule has 96 valence electrons. The quantitative estimate of drug-likeness (QED) is 0.795. The van der Waals surface area contributed by atoms with Gasteiger partial charge in [-0.3, -0.25) is 0 Å². The van der Waals surface area contributed by atoms with Gasteiger partial charge < -0.3 is 15.0 Å². The van der Waals surface area contributed by atoms with E-state index in [0.29, 0.717) is 0 Å². The summed E-state index contributed by atoms with van der Waals surface area (Å²) >= 11 is 0. The molecule has 1 aliphatic heterocycles. The zero-order valence-corrected chi connectivity index (χ0v) is 11.4. The zero-order valence-electron chi connectivity index (χ0n) is 11.4. The van der Waals surface area contributed by atoms with E-state index in [1.54, 1.807) is 0 Å². The number of rotatable bonds is 4. The van der Waals surface area contributed by atoms with Crippen molar-refractivity contribution < 1.29 is 4.74 Å². The van der Waals surface area contributed by atoms with Crippen LogP contribution in [0.2, 0.25) is 0 Å². The molecule has 1 saturated heterocycles. The average molecular weight is 228 g/mol. The molecule has 1 N–H and O–H groups in total. The molecule has 0 spiro atoms. The van der Waals surface area contributed by atoms with Gasteiger partial charge in [0.1, 0.15) is 0 Å². The fourth-order valence-electron chi connectivity index (χ4n) is 2.12. The van der Waals surface area contributed by atoms with Gasteiger partial charge in [-0.2, -0.15) is 0 Å². The number of likely N-dealkylation sites (N-methyl/N-ethyl adjacent to an activating group) is 1. The first-order valence-corrected chi connectivity index (χ1v) is 6.54. The van der Waals surface area contributed by atoms with Crippen LogP contribution in [-0.4, -0.2) is 49.8 Å². The molecule has 0 aromatic rings. The topological polar surface area (TPSA) is 24.5 Å². The van der Waals surface area contributed by atoms with Gasteiger partial charge in [0.2, 0.25) is 0 Å². The molecule has 0 aromatic carbocycles. The number of hydrogen-bond acceptors (Lipinski definition) is 3. The Kier molecular flexibility index (Phi) is 5.73. The molecule has 3 nitrogen and oxygen atoms in total. The molecule has 1 heterocycles. The maximum atomic E-state index is 5.76. The molecule has 0 aromatic heterocycles. The second-order valence-corrected chi connectivity index (χ2v) is 5.78. The monoisotopic (exact) mass is 228 g/mol. The summed E-state index contributed by atoms with van der Waals surface area (Å²) in [6.07, 6.45) is 3.89. The highest BCUT2D eigenvalue weighted by Crippen LogP contribution is 2.12. The van der Waals surface area contributed by atoms with E-state index >= 15 is 0 Å². The number of ether oxygens (including phenoxy) is 1. The van der Waals surface area contributed by atoms with E-state index in [-0.39, 0.29) is 5.60 Å². The van der Waals surface area contributed by atoms with E-state index in [2.05, 4.69) is 38.0 Å². The van der Waals surface area contributed by atoms with Crippen molar-refractivity contribution in [2.45, 2.75) is 51.7 Å². The van der Waals surface area contributed by atoms with Crippen molar-refractivity contribution in [2.75, 3.05) is 33.3 Å². The highest BCUT2D eigenvalue weighted by Gasteiger charge is 2.17. The largest absolute Gasteiger partial charge is 0.375 e. The molecule has 1 atom stereocenters. The summed E-state index contributed by atoms with van der Waals surface area (Å²) in [5.74, 6) is 0. The summed E-state index contributed by atoms with van der Waals surface area (Å²) in [7, 11) is 2.22. The van der Waals surface area contributed by atoms with E-state index in [1.807, 2.05) is 0 Å². The molecule has 0 saturated carbocycles. The lowest BCUT2D eigenvalue weighted by Crippen LogP contribution is -2.36. The Labute approximate surface area is 101 Å². The first-order chi connectivity index (χ1) is 7.49. The van der Waals surface area contributed by atoms with Crippen LogP contribution >= 0.6 is 0 Å². The molecule has 1 rings (SSSR count). The third-order valence-corrected chi connectivity index (χ3v) is 3.15. The molecule has 0 radical (unpaired) electrons. The van der Waals surface area contributed by atoms with Gasteiger partial charge in [0.25, 0.3) is 0 Å². The molecular weight excluding hydrogens is 200 g/mol. The van der Waals surface area contributed by atoms with Gasteiger partial charge in [-0.1, -0.05) is 0 Å². The second kappa shape index (κ2) is 6.58. The first-order valence-electron chi connectivity index (χ1n) is 6.54. The SMILES string of the molecule is CN(CCOC(C)(C)C)C1CCCNCC1. The van der Waals surface area contributed by atoms with Gasteiger partial charge in [0.15, 0.2) is 0 Å². The maximum absolute atomic E-state index is 5.76. The minimum absolute atomic E-state index is 0.00809. The first kappa shape index (κ1) is 13.9. The van der Waals surface area contributed by atoms with Crippen LogP contribution in [0.15, 0.2) is 0 Å². The second-order valence-electron chi connectivity index (χ2n) is 5.78. The normalized spacial score (nSPS) is 23.4. The van der Waals surface area contributed by atoms with Gasteiger partial charge in [0.05, 0.1) is 12.2 Å². The van der Waals surface area contributed by atoms with Crippen LogP contribution in [0.5, 0.6) is 0 Å². The van der Waals surface area contributed by atoms with Crippen LogP contribution in [0.1, 0.15) is 40.0 Å². The highest BCUT2D eigenvalue weighted by molar-refractivity contribution is 4.74. The Morgan fingerprint density at radius 1 is 1.25 bits per heavy atom. The van der Waals surface area contributed by atoms with E-state index in [9.17, 15) is 0 Å². The Morgan fingerprint density at radius 3 is 2.69 bits per heavy atom. The Bertz CT molecular complexity index is 181. The predicted molar refractivity (Wildman–Crippen MR) is 68.8 cm³/mol. The van der Waals surface area contributed by atoms with Crippen LogP contribution in [0.3, 0.4) is 0 Å². The van der Waals surface area contributed by atoms with Gasteiger partial charge in [-0.05, 0) is 60.2 Å². The van der Waals surface area contributed by atoms with Crippen LogP contribution < -0.4 is 5.32 Å². The fraction of sp³-hybridized carbons (Fsp3) is 1.00. The van der Waals surface area contributed by atoms with Crippen molar-refractivity contribution in [3.05, 3.63) is 0 Å². The lowest BCUT2D eigenvalue weighted by molar-refractivity contribution is -0.0149. The molecule has 1 fully saturated rings. The average Bonchev–Trinajstić information content (AvgIpc) is 2.43. The Hall–Kier alpha value is -0.120. The van der Waals surface area contributed by atoms with E-state index in [0.717, 1.165) is 25.7 Å². The summed E-state index contributed by atoms with van der Waals surface area (Å²) in [4.78, 5) is 2.46. The van der Waals surface area contributed by atoms with Crippen LogP contribution in [0.4, 0.5) is 0 Å². The third-order valence-electron chi connectivity index (χ3n) is 3.15. The summed E-state index contributed by atoms with van der Waals surface area (Å²) in [6, 6.07) is 0.735. The molecular formula is C13H28N2O. The van der Waals surface area contributed by atoms with Crippen molar-refractivity contribution in [1.29, 1.82) is 0 Å². The maximum Gasteiger partial charge on any atom is 0.0600 e. The lowest BCUT2D eigenvalue weighted by atomic mass is 10.1. The molecule has 1 aliphatic rings. The molecule has 1 unspecified atom stereocenters. The molecule has 0 amide bonds. The zero-order chi connectivity index (χ0) is 12.0. The summed E-state index contributed by atoms with van der Waals surface area (Å²) in [5, 5.41) is 3.45. The van der Waals surface area contributed by atoms with Crippen molar-refractivity contribution >= 4 is 0 Å². The minimum atomic E-state index is -0.00809. The van der Waals surface area contributed by atoms with Crippen molar-refractivity contribution in [3.63, 3.8) is 0 Å². The van der Waals surface area contributed by atoms with Crippen LogP contribution in [0, 0.1) is 0 Å². The summed E-state index contributed by atoms with van der Waals surface area (Å²) in [6.45, 7) is 10.6. The van der Waals surface area contributed by atoms with Gasteiger partial charge >= 0.3 is 0 Å². The van der Waals surface area contributed by atoms with Gasteiger partial charge in [0, 0.05) is 12.6 Å². The van der Waals surface area contributed by atoms with Crippen LogP contribution in [0.25, 0.3) is 0 Å². The van der Waals surface area contributed by atoms with Gasteiger partial charge in [-0.15, -0.1) is 0 Å².